The second kappa shape index (κ2) is 4.06. The van der Waals surface area contributed by atoms with Gasteiger partial charge in [-0.2, -0.15) is 5.10 Å². The highest BCUT2D eigenvalue weighted by Gasteiger charge is 2.34. The van der Waals surface area contributed by atoms with Crippen LogP contribution >= 0.6 is 0 Å². The number of hydrazone groups is 1. The van der Waals surface area contributed by atoms with Gasteiger partial charge in [-0.25, -0.2) is 5.01 Å². The summed E-state index contributed by atoms with van der Waals surface area (Å²) >= 11 is 0. The number of hydrogen-bond acceptors (Lipinski definition) is 5. The van der Waals surface area contributed by atoms with Crippen molar-refractivity contribution in [1.82, 2.24) is 9.91 Å². The van der Waals surface area contributed by atoms with Gasteiger partial charge in [0, 0.05) is 13.6 Å². The molecule has 1 rings (SSSR count). The molecule has 13 heavy (non-hydrogen) atoms. The highest BCUT2D eigenvalue weighted by atomic mass is 16.6. The molecule has 0 aromatic carbocycles. The van der Waals surface area contributed by atoms with Gasteiger partial charge >= 0.3 is 6.29 Å². The van der Waals surface area contributed by atoms with Gasteiger partial charge in [0.2, 0.25) is 0 Å². The summed E-state index contributed by atoms with van der Waals surface area (Å²) in [7, 11) is 1.61. The van der Waals surface area contributed by atoms with Crippen molar-refractivity contribution in [1.29, 1.82) is 0 Å². The predicted molar refractivity (Wildman–Crippen MR) is 48.7 cm³/mol. The Balaban J connectivity index is 2.53. The number of nitrogens with zero attached hydrogens (tertiary/aromatic N) is 4. The zero-order valence-electron chi connectivity index (χ0n) is 7.88. The largest absolute Gasteiger partial charge is 0.383 e. The second-order valence-corrected chi connectivity index (χ2v) is 3.03. The van der Waals surface area contributed by atoms with Crippen molar-refractivity contribution >= 4 is 6.34 Å². The first-order chi connectivity index (χ1) is 6.16. The zero-order valence-corrected chi connectivity index (χ0v) is 7.88. The maximum absolute atomic E-state index is 10.6. The van der Waals surface area contributed by atoms with E-state index in [9.17, 15) is 10.1 Å². The molecule has 74 valence electrons. The minimum absolute atomic E-state index is 0.331. The highest BCUT2D eigenvalue weighted by Crippen LogP contribution is 2.11. The van der Waals surface area contributed by atoms with Gasteiger partial charge in [0.25, 0.3) is 0 Å². The quantitative estimate of drug-likeness (QED) is 0.475. The van der Waals surface area contributed by atoms with E-state index in [1.807, 2.05) is 0 Å². The lowest BCUT2D eigenvalue weighted by Gasteiger charge is -2.19. The van der Waals surface area contributed by atoms with Crippen molar-refractivity contribution in [3.05, 3.63) is 10.1 Å². The average molecular weight is 186 g/mol. The van der Waals surface area contributed by atoms with Crippen LogP contribution in [-0.4, -0.2) is 41.1 Å². The van der Waals surface area contributed by atoms with Crippen molar-refractivity contribution in [3.8, 4) is 0 Å². The summed E-state index contributed by atoms with van der Waals surface area (Å²) in [5, 5.41) is 15.9. The fourth-order valence-electron chi connectivity index (χ4n) is 1.25. The Morgan fingerprint density at radius 1 is 1.69 bits per heavy atom. The summed E-state index contributed by atoms with van der Waals surface area (Å²) in [4.78, 5) is 11.9. The predicted octanol–water partition coefficient (Wildman–Crippen LogP) is 0.538. The van der Waals surface area contributed by atoms with Crippen molar-refractivity contribution < 1.29 is 4.92 Å². The second-order valence-electron chi connectivity index (χ2n) is 3.03. The first-order valence-corrected chi connectivity index (χ1v) is 4.33. The molecule has 0 amide bonds. The molecule has 0 bridgehead atoms. The van der Waals surface area contributed by atoms with Crippen LogP contribution < -0.4 is 0 Å². The van der Waals surface area contributed by atoms with E-state index >= 15 is 0 Å². The van der Waals surface area contributed by atoms with Crippen LogP contribution in [0, 0.1) is 10.1 Å². The van der Waals surface area contributed by atoms with Crippen LogP contribution in [0.15, 0.2) is 5.10 Å². The first-order valence-electron chi connectivity index (χ1n) is 4.33. The molecule has 6 heteroatoms. The van der Waals surface area contributed by atoms with E-state index in [1.54, 1.807) is 11.9 Å². The molecule has 0 aromatic rings. The van der Waals surface area contributed by atoms with E-state index in [2.05, 4.69) is 12.0 Å². The lowest BCUT2D eigenvalue weighted by atomic mass is 10.3. The van der Waals surface area contributed by atoms with Gasteiger partial charge in [-0.05, 0) is 6.42 Å². The van der Waals surface area contributed by atoms with E-state index in [4.69, 9.17) is 0 Å². The van der Waals surface area contributed by atoms with E-state index in [0.717, 1.165) is 12.8 Å². The van der Waals surface area contributed by atoms with E-state index in [0.29, 0.717) is 6.54 Å². The first kappa shape index (κ1) is 9.76. The van der Waals surface area contributed by atoms with Crippen LogP contribution in [0.1, 0.15) is 19.8 Å². The van der Waals surface area contributed by atoms with Gasteiger partial charge in [-0.15, -0.1) is 0 Å². The van der Waals surface area contributed by atoms with Crippen molar-refractivity contribution in [2.75, 3.05) is 13.6 Å². The van der Waals surface area contributed by atoms with Gasteiger partial charge in [0.05, 0.1) is 4.92 Å². The molecule has 1 aliphatic rings. The molecule has 6 nitrogen and oxygen atoms in total. The molecule has 1 unspecified atom stereocenters. The number of rotatable bonds is 4. The Labute approximate surface area is 77.0 Å². The van der Waals surface area contributed by atoms with E-state index < -0.39 is 6.29 Å². The van der Waals surface area contributed by atoms with Crippen molar-refractivity contribution in [2.45, 2.75) is 26.1 Å². The Bertz CT molecular complexity index is 219. The Kier molecular flexibility index (Phi) is 3.05. The van der Waals surface area contributed by atoms with Crippen molar-refractivity contribution in [3.63, 3.8) is 0 Å². The summed E-state index contributed by atoms with van der Waals surface area (Å²) in [6.07, 6.45) is 2.69. The molecule has 0 aliphatic carbocycles. The fourth-order valence-corrected chi connectivity index (χ4v) is 1.25. The summed E-state index contributed by atoms with van der Waals surface area (Å²) in [5.74, 6) is 0. The summed E-state index contributed by atoms with van der Waals surface area (Å²) < 4.78 is 0. The molecule has 1 aliphatic heterocycles. The van der Waals surface area contributed by atoms with Crippen LogP contribution in [0.4, 0.5) is 0 Å². The van der Waals surface area contributed by atoms with Gasteiger partial charge in [0.15, 0.2) is 0 Å². The van der Waals surface area contributed by atoms with E-state index in [-0.39, 0.29) is 4.92 Å². The lowest BCUT2D eigenvalue weighted by molar-refractivity contribution is -0.569. The number of hydrogen-bond donors (Lipinski definition) is 0. The number of nitro groups is 1. The Morgan fingerprint density at radius 3 is 2.92 bits per heavy atom. The van der Waals surface area contributed by atoms with Gasteiger partial charge in [-0.1, -0.05) is 13.3 Å². The van der Waals surface area contributed by atoms with Crippen LogP contribution in [-0.2, 0) is 0 Å². The average Bonchev–Trinajstić information content (AvgIpc) is 2.43. The monoisotopic (exact) mass is 186 g/mol. The highest BCUT2D eigenvalue weighted by molar-refractivity contribution is 5.56. The maximum Gasteiger partial charge on any atom is 0.383 e. The maximum atomic E-state index is 10.6. The molecule has 1 heterocycles. The third-order valence-corrected chi connectivity index (χ3v) is 1.97. The molecule has 0 saturated heterocycles. The lowest BCUT2D eigenvalue weighted by Crippen LogP contribution is -2.44. The summed E-state index contributed by atoms with van der Waals surface area (Å²) in [6.45, 7) is 2.74. The molecule has 0 fully saturated rings. The molecular weight excluding hydrogens is 172 g/mol. The third kappa shape index (κ3) is 2.07. The van der Waals surface area contributed by atoms with Gasteiger partial charge in [-0.3, -0.25) is 15.0 Å². The van der Waals surface area contributed by atoms with Crippen LogP contribution in [0.2, 0.25) is 0 Å². The van der Waals surface area contributed by atoms with Crippen LogP contribution in [0.3, 0.4) is 0 Å². The number of unbranched alkanes of at least 4 members (excludes halogenated alkanes) is 1. The molecule has 0 spiro atoms. The zero-order chi connectivity index (χ0) is 9.84. The van der Waals surface area contributed by atoms with Crippen LogP contribution in [0.5, 0.6) is 0 Å². The van der Waals surface area contributed by atoms with Gasteiger partial charge in [0.1, 0.15) is 6.34 Å². The Morgan fingerprint density at radius 2 is 2.38 bits per heavy atom. The smallest absolute Gasteiger partial charge is 0.279 e. The SMILES string of the molecule is CCCCN1C=NN(C)C1[N+](=O)[O-]. The van der Waals surface area contributed by atoms with Crippen LogP contribution in [0.25, 0.3) is 0 Å². The van der Waals surface area contributed by atoms with Crippen molar-refractivity contribution in [2.24, 2.45) is 5.10 Å². The topological polar surface area (TPSA) is 62.0 Å². The molecule has 0 radical (unpaired) electrons. The van der Waals surface area contributed by atoms with Gasteiger partial charge < -0.3 is 0 Å². The standard InChI is InChI=1S/C7H14N4O2/c1-3-4-5-10-6-8-9(2)7(10)11(12)13/h6-7H,3-5H2,1-2H3. The molecule has 0 saturated carbocycles. The third-order valence-electron chi connectivity index (χ3n) is 1.97. The molecule has 1 atom stereocenters. The van der Waals surface area contributed by atoms with E-state index in [1.165, 1.54) is 11.3 Å². The summed E-state index contributed by atoms with van der Waals surface area (Å²) in [5.41, 5.74) is 0. The summed E-state index contributed by atoms with van der Waals surface area (Å²) in [6, 6.07) is 0. The molecule has 0 N–H and O–H groups in total. The molecular formula is C7H14N4O2. The molecule has 0 aromatic heterocycles. The normalized spacial score (nSPS) is 21.2. The Hall–Kier alpha value is -1.33. The minimum Gasteiger partial charge on any atom is -0.279 e. The fraction of sp³-hybridized carbons (Fsp3) is 0.857. The minimum atomic E-state index is -0.813.